The SMILES string of the molecule is O=C(N1CC(c2ccccc2)C(c2ccc(Cl)cc2)=N1)N(SC(Cl)(Cl)Cl)C1(Cl)C=CC=CC1. The maximum atomic E-state index is 13.7. The normalized spacial score (nSPS) is 22.4. The maximum absolute atomic E-state index is 13.7. The molecule has 33 heavy (non-hydrogen) atoms. The lowest BCUT2D eigenvalue weighted by atomic mass is 9.91. The fraction of sp³-hybridized carbons (Fsp3) is 0.217. The minimum Gasteiger partial charge on any atom is -0.245 e. The summed E-state index contributed by atoms with van der Waals surface area (Å²) >= 11 is 31.8. The van der Waals surface area contributed by atoms with Crippen molar-refractivity contribution in [2.75, 3.05) is 6.54 Å². The average molecular weight is 562 g/mol. The smallest absolute Gasteiger partial charge is 0.245 e. The molecule has 0 fully saturated rings. The van der Waals surface area contributed by atoms with Crippen molar-refractivity contribution in [3.8, 4) is 0 Å². The van der Waals surface area contributed by atoms with Crippen LogP contribution < -0.4 is 0 Å². The molecule has 1 heterocycles. The van der Waals surface area contributed by atoms with Gasteiger partial charge in [-0.3, -0.25) is 0 Å². The van der Waals surface area contributed by atoms with Crippen molar-refractivity contribution in [2.45, 2.75) is 20.5 Å². The Labute approximate surface area is 221 Å². The Kier molecular flexibility index (Phi) is 7.59. The first-order chi connectivity index (χ1) is 15.7. The molecular weight excluding hydrogens is 544 g/mol. The van der Waals surface area contributed by atoms with E-state index in [1.807, 2.05) is 54.6 Å². The first kappa shape index (κ1) is 24.8. The Morgan fingerprint density at radius 2 is 1.79 bits per heavy atom. The zero-order chi connectivity index (χ0) is 23.6. The standard InChI is InChI=1S/C23H18Cl5N3OS/c24-18-11-9-17(10-12-18)20-19(16-7-3-1-4-8-16)15-30(29-20)21(32)31(33-23(26,27)28)22(25)13-5-2-6-14-22/h1-13,19H,14-15H2. The highest BCUT2D eigenvalue weighted by molar-refractivity contribution is 8.03. The van der Waals surface area contributed by atoms with Gasteiger partial charge in [0.05, 0.1) is 12.3 Å². The summed E-state index contributed by atoms with van der Waals surface area (Å²) in [5.74, 6) is -0.149. The van der Waals surface area contributed by atoms with Crippen LogP contribution in [-0.4, -0.2) is 35.7 Å². The fourth-order valence-electron chi connectivity index (χ4n) is 3.66. The Morgan fingerprint density at radius 1 is 1.09 bits per heavy atom. The van der Waals surface area contributed by atoms with E-state index in [9.17, 15) is 4.79 Å². The molecule has 0 bridgehead atoms. The molecule has 2 amide bonds. The minimum atomic E-state index is -1.80. The number of hydrogen-bond acceptors (Lipinski definition) is 3. The van der Waals surface area contributed by atoms with Crippen LogP contribution in [-0.2, 0) is 0 Å². The number of alkyl halides is 4. The highest BCUT2D eigenvalue weighted by Crippen LogP contribution is 2.48. The molecule has 4 nitrogen and oxygen atoms in total. The number of urea groups is 1. The molecule has 0 saturated carbocycles. The molecular formula is C23H18Cl5N3OS. The average Bonchev–Trinajstić information content (AvgIpc) is 3.23. The number of hydrazone groups is 1. The third kappa shape index (κ3) is 5.84. The van der Waals surface area contributed by atoms with Gasteiger partial charge in [-0.05, 0) is 29.3 Å². The number of hydrogen-bond donors (Lipinski definition) is 0. The van der Waals surface area contributed by atoms with Crippen LogP contribution in [0, 0.1) is 0 Å². The second kappa shape index (κ2) is 10.1. The lowest BCUT2D eigenvalue weighted by molar-refractivity contribution is 0.176. The number of rotatable bonds is 4. The third-order valence-electron chi connectivity index (χ3n) is 5.19. The van der Waals surface area contributed by atoms with E-state index >= 15 is 0 Å². The Bertz CT molecular complexity index is 1100. The lowest BCUT2D eigenvalue weighted by Gasteiger charge is -2.38. The van der Waals surface area contributed by atoms with Crippen LogP contribution in [0.1, 0.15) is 23.5 Å². The molecule has 2 aromatic rings. The van der Waals surface area contributed by atoms with Gasteiger partial charge < -0.3 is 0 Å². The lowest BCUT2D eigenvalue weighted by Crippen LogP contribution is -2.48. The zero-order valence-electron chi connectivity index (χ0n) is 17.0. The molecule has 4 rings (SSSR count). The summed E-state index contributed by atoms with van der Waals surface area (Å²) in [5.41, 5.74) is 2.64. The number of amides is 2. The molecule has 0 N–H and O–H groups in total. The summed E-state index contributed by atoms with van der Waals surface area (Å²) in [6, 6.07) is 16.8. The molecule has 2 aliphatic rings. The molecule has 10 heteroatoms. The van der Waals surface area contributed by atoms with Crippen molar-refractivity contribution >= 4 is 81.7 Å². The van der Waals surface area contributed by atoms with Crippen LogP contribution in [0.3, 0.4) is 0 Å². The highest BCUT2D eigenvalue weighted by atomic mass is 35.6. The van der Waals surface area contributed by atoms with Gasteiger partial charge in [0, 0.05) is 29.3 Å². The predicted octanol–water partition coefficient (Wildman–Crippen LogP) is 7.99. The van der Waals surface area contributed by atoms with E-state index in [1.165, 1.54) is 9.31 Å². The van der Waals surface area contributed by atoms with Gasteiger partial charge in [-0.1, -0.05) is 119 Å². The van der Waals surface area contributed by atoms with Gasteiger partial charge in [0.2, 0.25) is 0 Å². The molecule has 0 spiro atoms. The molecule has 2 unspecified atom stereocenters. The van der Waals surface area contributed by atoms with Crippen molar-refractivity contribution in [2.24, 2.45) is 5.10 Å². The van der Waals surface area contributed by atoms with E-state index in [0.717, 1.165) is 28.8 Å². The number of benzene rings is 2. The molecule has 0 saturated heterocycles. The Morgan fingerprint density at radius 3 is 2.39 bits per heavy atom. The van der Waals surface area contributed by atoms with E-state index in [4.69, 9.17) is 63.1 Å². The van der Waals surface area contributed by atoms with E-state index in [-0.39, 0.29) is 5.92 Å². The van der Waals surface area contributed by atoms with Crippen LogP contribution in [0.25, 0.3) is 0 Å². The van der Waals surface area contributed by atoms with E-state index in [1.54, 1.807) is 24.3 Å². The van der Waals surface area contributed by atoms with Gasteiger partial charge >= 0.3 is 6.03 Å². The van der Waals surface area contributed by atoms with Gasteiger partial charge in [-0.15, -0.1) is 0 Å². The van der Waals surface area contributed by atoms with Crippen molar-refractivity contribution in [1.82, 2.24) is 9.31 Å². The number of carbonyl (C=O) groups is 1. The van der Waals surface area contributed by atoms with Crippen LogP contribution in [0.4, 0.5) is 4.79 Å². The van der Waals surface area contributed by atoms with Gasteiger partial charge in [-0.2, -0.15) is 5.10 Å². The summed E-state index contributed by atoms with van der Waals surface area (Å²) in [7, 11) is 0. The quantitative estimate of drug-likeness (QED) is 0.215. The largest absolute Gasteiger partial charge is 0.352 e. The summed E-state index contributed by atoms with van der Waals surface area (Å²) in [4.78, 5) is 12.5. The minimum absolute atomic E-state index is 0.149. The number of halogens is 5. The first-order valence-electron chi connectivity index (χ1n) is 9.96. The van der Waals surface area contributed by atoms with Crippen LogP contribution >= 0.6 is 70.0 Å². The molecule has 0 radical (unpaired) electrons. The van der Waals surface area contributed by atoms with Gasteiger partial charge in [0.15, 0.2) is 5.00 Å². The van der Waals surface area contributed by atoms with Crippen LogP contribution in [0.2, 0.25) is 5.02 Å². The first-order valence-corrected chi connectivity index (χ1v) is 12.6. The van der Waals surface area contributed by atoms with E-state index < -0.39 is 14.2 Å². The Hall–Kier alpha value is -1.34. The monoisotopic (exact) mass is 559 g/mol. The Balaban J connectivity index is 1.71. The summed E-state index contributed by atoms with van der Waals surface area (Å²) in [5, 5.41) is 6.69. The molecule has 172 valence electrons. The third-order valence-corrected chi connectivity index (χ3v) is 7.48. The van der Waals surface area contributed by atoms with E-state index in [2.05, 4.69) is 0 Å². The maximum Gasteiger partial charge on any atom is 0.352 e. The number of nitrogens with zero attached hydrogens (tertiary/aromatic N) is 3. The van der Waals surface area contributed by atoms with Crippen molar-refractivity contribution in [1.29, 1.82) is 0 Å². The molecule has 0 aromatic heterocycles. The van der Waals surface area contributed by atoms with Crippen molar-refractivity contribution in [3.63, 3.8) is 0 Å². The molecule has 2 atom stereocenters. The van der Waals surface area contributed by atoms with E-state index in [0.29, 0.717) is 18.0 Å². The topological polar surface area (TPSA) is 35.9 Å². The van der Waals surface area contributed by atoms with Crippen molar-refractivity contribution < 1.29 is 4.79 Å². The molecule has 1 aliphatic carbocycles. The second-order valence-electron chi connectivity index (χ2n) is 7.46. The fourth-order valence-corrected chi connectivity index (χ4v) is 5.42. The highest BCUT2D eigenvalue weighted by Gasteiger charge is 2.45. The molecule has 1 aliphatic heterocycles. The zero-order valence-corrected chi connectivity index (χ0v) is 21.6. The number of carbonyl (C=O) groups excluding carboxylic acids is 1. The number of allylic oxidation sites excluding steroid dienone is 2. The second-order valence-corrected chi connectivity index (χ2v) is 12.7. The summed E-state index contributed by atoms with van der Waals surface area (Å²) < 4.78 is -0.522. The van der Waals surface area contributed by atoms with Crippen LogP contribution in [0.5, 0.6) is 0 Å². The van der Waals surface area contributed by atoms with Gasteiger partial charge in [0.25, 0.3) is 3.12 Å². The van der Waals surface area contributed by atoms with Crippen molar-refractivity contribution in [3.05, 3.63) is 95.1 Å². The summed E-state index contributed by atoms with van der Waals surface area (Å²) in [6.07, 6.45) is 7.51. The summed E-state index contributed by atoms with van der Waals surface area (Å²) in [6.45, 7) is 0.310. The molecule has 2 aromatic carbocycles. The van der Waals surface area contributed by atoms with Crippen LogP contribution in [0.15, 0.2) is 84.0 Å². The predicted molar refractivity (Wildman–Crippen MR) is 140 cm³/mol. The van der Waals surface area contributed by atoms with Gasteiger partial charge in [-0.25, -0.2) is 14.1 Å². The van der Waals surface area contributed by atoms with Gasteiger partial charge in [0.1, 0.15) is 0 Å².